The van der Waals surface area contributed by atoms with Crippen LogP contribution in [0, 0.1) is 10.1 Å². The van der Waals surface area contributed by atoms with Crippen LogP contribution in [-0.4, -0.2) is 64.5 Å². The van der Waals surface area contributed by atoms with Crippen molar-refractivity contribution in [2.45, 2.75) is 0 Å². The molecule has 0 atom stereocenters. The lowest BCUT2D eigenvalue weighted by Gasteiger charge is -2.26. The first-order chi connectivity index (χ1) is 16.0. The highest BCUT2D eigenvalue weighted by atomic mass is 16.6. The van der Waals surface area contributed by atoms with Gasteiger partial charge in [-0.25, -0.2) is 4.79 Å². The molecule has 1 aliphatic heterocycles. The number of benzene rings is 2. The first-order valence-electron chi connectivity index (χ1n) is 10.00. The van der Waals surface area contributed by atoms with E-state index in [0.717, 1.165) is 6.21 Å². The normalized spacial score (nSPS) is 14.0. The number of amides is 1. The molecule has 0 radical (unpaired) electrons. The third-order valence-corrected chi connectivity index (χ3v) is 5.02. The van der Waals surface area contributed by atoms with Crippen LogP contribution in [0.1, 0.15) is 5.56 Å². The Hall–Kier alpha value is -4.32. The van der Waals surface area contributed by atoms with Gasteiger partial charge < -0.3 is 19.4 Å². The molecule has 4 rings (SSSR count). The molecule has 0 bridgehead atoms. The summed E-state index contributed by atoms with van der Waals surface area (Å²) in [4.78, 5) is 52.3. The maximum absolute atomic E-state index is 12.7. The molecule has 0 spiro atoms. The smallest absolute Gasteiger partial charge is 0.349 e. The van der Waals surface area contributed by atoms with Crippen LogP contribution >= 0.6 is 0 Å². The number of hydrogen-bond donors (Lipinski definition) is 1. The fourth-order valence-corrected chi connectivity index (χ4v) is 3.36. The molecular weight excluding hydrogens is 434 g/mol. The minimum absolute atomic E-state index is 0.124. The van der Waals surface area contributed by atoms with Gasteiger partial charge in [-0.05, 0) is 18.2 Å². The molecule has 12 heteroatoms. The zero-order chi connectivity index (χ0) is 23.4. The van der Waals surface area contributed by atoms with Gasteiger partial charge in [0.2, 0.25) is 5.75 Å². The minimum atomic E-state index is -0.773. The van der Waals surface area contributed by atoms with E-state index in [1.54, 1.807) is 29.2 Å². The molecule has 0 unspecified atom stereocenters. The van der Waals surface area contributed by atoms with Crippen molar-refractivity contribution in [3.8, 4) is 5.75 Å². The van der Waals surface area contributed by atoms with Gasteiger partial charge in [0.15, 0.2) is 6.61 Å². The largest absolute Gasteiger partial charge is 0.476 e. The van der Waals surface area contributed by atoms with Crippen LogP contribution in [0.2, 0.25) is 0 Å². The van der Waals surface area contributed by atoms with Crippen molar-refractivity contribution in [2.75, 3.05) is 32.9 Å². The summed E-state index contributed by atoms with van der Waals surface area (Å²) in [5, 5.41) is 15.7. The van der Waals surface area contributed by atoms with Crippen molar-refractivity contribution in [3.05, 3.63) is 79.0 Å². The number of ether oxygens (including phenoxy) is 2. The number of aromatic amines is 1. The predicted molar refractivity (Wildman–Crippen MR) is 118 cm³/mol. The quantitative estimate of drug-likeness (QED) is 0.328. The molecular formula is C21H19N5O7. The van der Waals surface area contributed by atoms with Gasteiger partial charge in [-0.1, -0.05) is 18.2 Å². The number of rotatable bonds is 6. The Balaban J connectivity index is 1.66. The number of aromatic nitrogens is 2. The Kier molecular flexibility index (Phi) is 6.26. The summed E-state index contributed by atoms with van der Waals surface area (Å²) < 4.78 is 11.3. The van der Waals surface area contributed by atoms with Gasteiger partial charge in [0.1, 0.15) is 0 Å². The number of para-hydroxylation sites is 2. The molecule has 1 fully saturated rings. The third-order valence-electron chi connectivity index (χ3n) is 5.02. The summed E-state index contributed by atoms with van der Waals surface area (Å²) in [6, 6.07) is 10.5. The third kappa shape index (κ3) is 4.65. The fraction of sp³-hybridized carbons (Fsp3) is 0.238. The van der Waals surface area contributed by atoms with Crippen molar-refractivity contribution in [1.82, 2.24) is 14.6 Å². The van der Waals surface area contributed by atoms with Crippen molar-refractivity contribution >= 4 is 28.7 Å². The predicted octanol–water partition coefficient (Wildman–Crippen LogP) is 0.718. The molecule has 2 aromatic carbocycles. The zero-order valence-electron chi connectivity index (χ0n) is 17.3. The number of nitrogens with zero attached hydrogens (tertiary/aromatic N) is 4. The van der Waals surface area contributed by atoms with Gasteiger partial charge >= 0.3 is 11.4 Å². The molecule has 1 aromatic heterocycles. The monoisotopic (exact) mass is 453 g/mol. The van der Waals surface area contributed by atoms with E-state index >= 15 is 0 Å². The van der Waals surface area contributed by atoms with Crippen LogP contribution in [0.5, 0.6) is 5.75 Å². The molecule has 0 aliphatic carbocycles. The van der Waals surface area contributed by atoms with Crippen molar-refractivity contribution in [2.24, 2.45) is 5.10 Å². The fourth-order valence-electron chi connectivity index (χ4n) is 3.36. The van der Waals surface area contributed by atoms with Gasteiger partial charge in [0.05, 0.1) is 35.3 Å². The van der Waals surface area contributed by atoms with Gasteiger partial charge in [-0.3, -0.25) is 19.7 Å². The number of H-pyrrole nitrogens is 1. The number of hydrogen-bond acceptors (Lipinski definition) is 8. The van der Waals surface area contributed by atoms with Crippen LogP contribution < -0.4 is 16.0 Å². The molecule has 1 aliphatic rings. The summed E-state index contributed by atoms with van der Waals surface area (Å²) >= 11 is 0. The van der Waals surface area contributed by atoms with Crippen LogP contribution in [0.25, 0.3) is 10.9 Å². The highest BCUT2D eigenvalue weighted by Crippen LogP contribution is 2.30. The van der Waals surface area contributed by atoms with Gasteiger partial charge in [-0.2, -0.15) is 5.10 Å². The summed E-state index contributed by atoms with van der Waals surface area (Å²) in [6.07, 6.45) is 1.10. The maximum atomic E-state index is 12.7. The summed E-state index contributed by atoms with van der Waals surface area (Å²) in [5.41, 5.74) is -1.32. The Bertz CT molecular complexity index is 1360. The minimum Gasteiger partial charge on any atom is -0.476 e. The van der Waals surface area contributed by atoms with E-state index in [2.05, 4.69) is 10.1 Å². The second kappa shape index (κ2) is 9.44. The summed E-state index contributed by atoms with van der Waals surface area (Å²) in [6.45, 7) is 1.19. The van der Waals surface area contributed by atoms with Crippen LogP contribution in [0.15, 0.2) is 57.2 Å². The van der Waals surface area contributed by atoms with E-state index in [-0.39, 0.29) is 28.3 Å². The van der Waals surface area contributed by atoms with Crippen molar-refractivity contribution in [1.29, 1.82) is 0 Å². The highest BCUT2D eigenvalue weighted by Gasteiger charge is 2.22. The number of morpholine rings is 1. The van der Waals surface area contributed by atoms with E-state index in [4.69, 9.17) is 9.47 Å². The number of fused-ring (bicyclic) bond motifs is 1. The average Bonchev–Trinajstić information content (AvgIpc) is 2.83. The molecule has 170 valence electrons. The molecule has 33 heavy (non-hydrogen) atoms. The molecule has 1 N–H and O–H groups in total. The molecule has 1 saturated heterocycles. The average molecular weight is 453 g/mol. The maximum Gasteiger partial charge on any atom is 0.349 e. The Labute approximate surface area is 185 Å². The SMILES string of the molecule is O=C(COc1c(C=Nn2c(=O)[nH]c3ccccc3c2=O)cccc1[N+](=O)[O-])N1CCOCC1. The van der Waals surface area contributed by atoms with E-state index in [1.807, 2.05) is 0 Å². The number of nitro groups is 1. The second-order valence-electron chi connectivity index (χ2n) is 7.07. The molecule has 2 heterocycles. The Morgan fingerprint density at radius 3 is 2.70 bits per heavy atom. The van der Waals surface area contributed by atoms with Gasteiger partial charge in [0.25, 0.3) is 11.5 Å². The zero-order valence-corrected chi connectivity index (χ0v) is 17.3. The second-order valence-corrected chi connectivity index (χ2v) is 7.07. The van der Waals surface area contributed by atoms with E-state index in [1.165, 1.54) is 18.2 Å². The summed E-state index contributed by atoms with van der Waals surface area (Å²) in [5.74, 6) is -0.542. The molecule has 12 nitrogen and oxygen atoms in total. The van der Waals surface area contributed by atoms with Crippen molar-refractivity contribution in [3.63, 3.8) is 0 Å². The van der Waals surface area contributed by atoms with Gasteiger partial charge in [0, 0.05) is 24.7 Å². The first kappa shape index (κ1) is 21.9. The lowest BCUT2D eigenvalue weighted by atomic mass is 10.2. The van der Waals surface area contributed by atoms with Crippen LogP contribution in [-0.2, 0) is 9.53 Å². The van der Waals surface area contributed by atoms with Crippen molar-refractivity contribution < 1.29 is 19.2 Å². The Morgan fingerprint density at radius 1 is 1.18 bits per heavy atom. The number of carbonyl (C=O) groups excluding carboxylic acids is 1. The first-order valence-corrected chi connectivity index (χ1v) is 10.00. The number of nitrogens with one attached hydrogen (secondary N) is 1. The van der Waals surface area contributed by atoms with Crippen LogP contribution in [0.3, 0.4) is 0 Å². The molecule has 1 amide bonds. The van der Waals surface area contributed by atoms with Crippen LogP contribution in [0.4, 0.5) is 5.69 Å². The number of carbonyl (C=O) groups is 1. The van der Waals surface area contributed by atoms with E-state index < -0.39 is 22.8 Å². The lowest BCUT2D eigenvalue weighted by molar-refractivity contribution is -0.385. The molecule has 0 saturated carbocycles. The Morgan fingerprint density at radius 2 is 1.94 bits per heavy atom. The topological polar surface area (TPSA) is 149 Å². The lowest BCUT2D eigenvalue weighted by Crippen LogP contribution is -2.43. The van der Waals surface area contributed by atoms with E-state index in [0.29, 0.717) is 36.5 Å². The summed E-state index contributed by atoms with van der Waals surface area (Å²) in [7, 11) is 0. The molecule has 3 aromatic rings. The van der Waals surface area contributed by atoms with E-state index in [9.17, 15) is 24.5 Å². The number of nitro benzene ring substituents is 1. The highest BCUT2D eigenvalue weighted by molar-refractivity contribution is 5.86. The standard InChI is InChI=1S/C21H19N5O7/c27-18(24-8-10-32-11-9-24)13-33-19-14(4-3-7-17(19)26(30)31)12-22-25-20(28)15-5-1-2-6-16(15)23-21(25)29/h1-7,12H,8-11,13H2,(H,23,29). The van der Waals surface area contributed by atoms with Gasteiger partial charge in [-0.15, -0.1) is 4.68 Å².